The van der Waals surface area contributed by atoms with Gasteiger partial charge in [0.1, 0.15) is 19.8 Å². The summed E-state index contributed by atoms with van der Waals surface area (Å²) < 4.78 is 34.8. The molecular weight excluding hydrogens is 1230 g/mol. The second kappa shape index (κ2) is 76.5. The van der Waals surface area contributed by atoms with Crippen LogP contribution in [-0.2, 0) is 32.7 Å². The number of hydrogen-bond donors (Lipinski definition) is 1. The number of likely N-dealkylation sites (N-methyl/N-ethyl adjacent to an activating group) is 1. The lowest BCUT2D eigenvalue weighted by Crippen LogP contribution is -2.37. The predicted molar refractivity (Wildman–Crippen MR) is 426 cm³/mol. The number of phosphoric acid groups is 1. The number of carbonyl (C=O) groups is 2. The molecule has 0 fully saturated rings. The molecule has 98 heavy (non-hydrogen) atoms. The van der Waals surface area contributed by atoms with Crippen LogP contribution < -0.4 is 0 Å². The van der Waals surface area contributed by atoms with E-state index in [0.29, 0.717) is 17.4 Å². The zero-order chi connectivity index (χ0) is 71.1. The van der Waals surface area contributed by atoms with Crippen molar-refractivity contribution in [3.8, 4) is 0 Å². The van der Waals surface area contributed by atoms with Gasteiger partial charge >= 0.3 is 19.8 Å². The number of ether oxygens (including phenoxy) is 2. The highest BCUT2D eigenvalue weighted by molar-refractivity contribution is 7.47. The number of quaternary nitrogens is 1. The lowest BCUT2D eigenvalue weighted by molar-refractivity contribution is -0.870. The Morgan fingerprint density at radius 2 is 0.551 bits per heavy atom. The summed E-state index contributed by atoms with van der Waals surface area (Å²) >= 11 is 0. The number of nitrogens with zero attached hydrogens (tertiary/aromatic N) is 1. The SMILES string of the molecule is CC/C=C\C/C=C\C/C=C\C/C=C\C/C=C\C/C=C\C/C=C\C/C=C\CCCCCCCCCCCCCCCCC(=O)OC(COC(=O)CCCCCCCCCCCCCCCCCC/C=C\C/C=C\C/C=C\C/C=C\C/C=C\C/C=C\CC)COP(=O)(O)OCC[N+](C)(C)C. The van der Waals surface area contributed by atoms with Crippen LogP contribution in [0.3, 0.4) is 0 Å². The van der Waals surface area contributed by atoms with Crippen molar-refractivity contribution in [2.24, 2.45) is 0 Å². The molecule has 10 heteroatoms. The van der Waals surface area contributed by atoms with E-state index in [4.69, 9.17) is 18.5 Å². The molecule has 0 aromatic carbocycles. The molecule has 2 unspecified atom stereocenters. The number of unbranched alkanes of at least 4 members (excludes halogenated alkanes) is 30. The number of hydrogen-bond acceptors (Lipinski definition) is 7. The van der Waals surface area contributed by atoms with Gasteiger partial charge in [0.25, 0.3) is 0 Å². The first kappa shape index (κ1) is 93.4. The van der Waals surface area contributed by atoms with E-state index < -0.39 is 26.5 Å². The molecule has 0 heterocycles. The lowest BCUT2D eigenvalue weighted by atomic mass is 10.0. The highest BCUT2D eigenvalue weighted by Gasteiger charge is 2.27. The first-order valence-corrected chi connectivity index (χ1v) is 41.4. The molecule has 0 rings (SSSR count). The van der Waals surface area contributed by atoms with Crippen molar-refractivity contribution in [1.29, 1.82) is 0 Å². The Bertz CT molecular complexity index is 2270. The smallest absolute Gasteiger partial charge is 0.462 e. The summed E-state index contributed by atoms with van der Waals surface area (Å²) in [6.45, 7) is 4.22. The van der Waals surface area contributed by atoms with Gasteiger partial charge in [-0.3, -0.25) is 18.6 Å². The Labute approximate surface area is 604 Å². The molecule has 558 valence electrons. The van der Waals surface area contributed by atoms with Crippen LogP contribution in [0.25, 0.3) is 0 Å². The zero-order valence-corrected chi connectivity index (χ0v) is 64.6. The molecule has 9 nitrogen and oxygen atoms in total. The van der Waals surface area contributed by atoms with Crippen molar-refractivity contribution in [3.05, 3.63) is 170 Å². The molecule has 0 aromatic rings. The number of esters is 2. The van der Waals surface area contributed by atoms with E-state index in [0.717, 1.165) is 128 Å². The molecule has 0 radical (unpaired) electrons. The first-order chi connectivity index (χ1) is 48.0. The second-order valence-electron chi connectivity index (χ2n) is 27.3. The second-order valence-corrected chi connectivity index (χ2v) is 28.8. The number of carbonyl (C=O) groups excluding carboxylic acids is 2. The maximum absolute atomic E-state index is 12.9. The molecule has 0 aliphatic rings. The Hall–Kier alpha value is -4.63. The van der Waals surface area contributed by atoms with Crippen molar-refractivity contribution >= 4 is 19.8 Å². The van der Waals surface area contributed by atoms with Crippen LogP contribution in [0, 0.1) is 0 Å². The Kier molecular flexibility index (Phi) is 72.9. The molecule has 0 aliphatic carbocycles. The van der Waals surface area contributed by atoms with Gasteiger partial charge in [-0.2, -0.15) is 0 Å². The van der Waals surface area contributed by atoms with E-state index >= 15 is 0 Å². The Morgan fingerprint density at radius 1 is 0.316 bits per heavy atom. The van der Waals surface area contributed by atoms with E-state index in [-0.39, 0.29) is 32.0 Å². The molecule has 1 N–H and O–H groups in total. The van der Waals surface area contributed by atoms with Gasteiger partial charge in [-0.1, -0.05) is 351 Å². The van der Waals surface area contributed by atoms with Gasteiger partial charge in [0, 0.05) is 12.8 Å². The standard InChI is InChI=1S/C88H148NO8P/c1-6-8-10-12-14-16-18-20-22-24-26-28-30-32-34-36-38-40-42-43-44-45-47-49-51-53-55-57-59-61-63-65-67-69-71-73-75-77-79-81-88(91)97-86(85-96-98(92,93)95-83-82-89(3,4)5)84-94-87(90)80-78-76-74-72-70-68-66-64-62-60-58-56-54-52-50-48-46-41-39-37-35-33-31-29-27-25-23-21-19-17-15-13-11-9-7-2/h8-11,14-17,20-23,26-29,32-35,38-41,43-44,47,49,86H,6-7,12-13,18-19,24-25,30-31,36-37,42,45-46,48,50-85H2,1-5H3/p+1/b10-8-,11-9-,16-14-,17-15-,22-20-,23-21-,28-26-,29-27-,34-32-,35-33-,40-38-,41-39-,44-43-,49-47-. The minimum atomic E-state index is -4.40. The average molecular weight is 1380 g/mol. The van der Waals surface area contributed by atoms with Crippen LogP contribution in [0.4, 0.5) is 0 Å². The number of rotatable bonds is 72. The molecule has 0 bridgehead atoms. The molecule has 0 saturated carbocycles. The van der Waals surface area contributed by atoms with Crippen molar-refractivity contribution < 1.29 is 42.1 Å². The minimum absolute atomic E-state index is 0.0261. The molecular formula is C88H149NO8P+. The van der Waals surface area contributed by atoms with Gasteiger partial charge in [0.2, 0.25) is 0 Å². The van der Waals surface area contributed by atoms with E-state index in [1.54, 1.807) is 0 Å². The molecule has 0 amide bonds. The predicted octanol–water partition coefficient (Wildman–Crippen LogP) is 26.8. The fourth-order valence-corrected chi connectivity index (χ4v) is 11.5. The maximum Gasteiger partial charge on any atom is 0.472 e. The Balaban J connectivity index is 4.01. The molecule has 0 aromatic heterocycles. The number of allylic oxidation sites excluding steroid dienone is 28. The maximum atomic E-state index is 12.9. The highest BCUT2D eigenvalue weighted by atomic mass is 31.2. The monoisotopic (exact) mass is 1380 g/mol. The van der Waals surface area contributed by atoms with Crippen LogP contribution in [0.1, 0.15) is 322 Å². The largest absolute Gasteiger partial charge is 0.472 e. The topological polar surface area (TPSA) is 108 Å². The van der Waals surface area contributed by atoms with Crippen molar-refractivity contribution in [1.82, 2.24) is 0 Å². The number of phosphoric ester groups is 1. The summed E-state index contributed by atoms with van der Waals surface area (Å²) in [5.74, 6) is -0.796. The van der Waals surface area contributed by atoms with E-state index in [2.05, 4.69) is 184 Å². The summed E-state index contributed by atoms with van der Waals surface area (Å²) in [7, 11) is 1.47. The fraction of sp³-hybridized carbons (Fsp3) is 0.659. The Morgan fingerprint density at radius 3 is 0.816 bits per heavy atom. The van der Waals surface area contributed by atoms with Crippen LogP contribution in [-0.4, -0.2) is 74.9 Å². The average Bonchev–Trinajstić information content (AvgIpc) is 1.23. The zero-order valence-electron chi connectivity index (χ0n) is 63.7. The third kappa shape index (κ3) is 80.3. The van der Waals surface area contributed by atoms with E-state index in [1.807, 2.05) is 21.1 Å². The summed E-state index contributed by atoms with van der Waals surface area (Å²) in [5.41, 5.74) is 0. The van der Waals surface area contributed by atoms with Crippen LogP contribution >= 0.6 is 7.82 Å². The van der Waals surface area contributed by atoms with Gasteiger partial charge < -0.3 is 18.9 Å². The fourth-order valence-electron chi connectivity index (χ4n) is 10.7. The van der Waals surface area contributed by atoms with Gasteiger partial charge in [0.15, 0.2) is 6.10 Å². The van der Waals surface area contributed by atoms with E-state index in [9.17, 15) is 19.0 Å². The molecule has 2 atom stereocenters. The summed E-state index contributed by atoms with van der Waals surface area (Å²) in [6, 6.07) is 0. The van der Waals surface area contributed by atoms with Crippen LogP contribution in [0.2, 0.25) is 0 Å². The van der Waals surface area contributed by atoms with Crippen molar-refractivity contribution in [2.45, 2.75) is 328 Å². The summed E-state index contributed by atoms with van der Waals surface area (Å²) in [6.07, 6.45) is 116. The van der Waals surface area contributed by atoms with Gasteiger partial charge in [0.05, 0.1) is 27.7 Å². The molecule has 0 saturated heterocycles. The third-order valence-electron chi connectivity index (χ3n) is 16.7. The van der Waals surface area contributed by atoms with Crippen LogP contribution in [0.15, 0.2) is 170 Å². The summed E-state index contributed by atoms with van der Waals surface area (Å²) in [4.78, 5) is 36.0. The molecule has 0 spiro atoms. The van der Waals surface area contributed by atoms with Gasteiger partial charge in [-0.05, 0) is 128 Å². The highest BCUT2D eigenvalue weighted by Crippen LogP contribution is 2.43. The summed E-state index contributed by atoms with van der Waals surface area (Å²) in [5, 5.41) is 0. The normalized spacial score (nSPS) is 14.0. The van der Waals surface area contributed by atoms with Gasteiger partial charge in [-0.25, -0.2) is 4.57 Å². The molecule has 0 aliphatic heterocycles. The first-order valence-electron chi connectivity index (χ1n) is 39.9. The van der Waals surface area contributed by atoms with Crippen LogP contribution in [0.5, 0.6) is 0 Å². The van der Waals surface area contributed by atoms with Crippen molar-refractivity contribution in [3.63, 3.8) is 0 Å². The minimum Gasteiger partial charge on any atom is -0.462 e. The third-order valence-corrected chi connectivity index (χ3v) is 17.7. The van der Waals surface area contributed by atoms with Gasteiger partial charge in [-0.15, -0.1) is 0 Å². The lowest BCUT2D eigenvalue weighted by Gasteiger charge is -2.24. The van der Waals surface area contributed by atoms with E-state index in [1.165, 1.54) is 161 Å². The quantitative estimate of drug-likeness (QED) is 0.0211. The van der Waals surface area contributed by atoms with Crippen molar-refractivity contribution in [2.75, 3.05) is 47.5 Å².